The number of alkyl halides is 1. The molecule has 3 unspecified atom stereocenters. The monoisotopic (exact) mass is 203 g/mol. The molecule has 0 saturated carbocycles. The summed E-state index contributed by atoms with van der Waals surface area (Å²) in [6, 6.07) is -0.911. The molecule has 2 heterocycles. The van der Waals surface area contributed by atoms with Gasteiger partial charge in [0.15, 0.2) is 0 Å². The minimum Gasteiger partial charge on any atom is -0.333 e. The SMILES string of the molecule is O=C1NC(=O)C2NC(Cl)CCC2N1. The van der Waals surface area contributed by atoms with Crippen molar-refractivity contribution in [2.75, 3.05) is 0 Å². The first-order valence-electron chi connectivity index (χ1n) is 4.18. The number of carbonyl (C=O) groups excluding carboxylic acids is 2. The van der Waals surface area contributed by atoms with Crippen molar-refractivity contribution in [1.29, 1.82) is 0 Å². The second-order valence-electron chi connectivity index (χ2n) is 3.26. The first-order valence-corrected chi connectivity index (χ1v) is 4.62. The molecule has 2 rings (SSSR count). The summed E-state index contributed by atoms with van der Waals surface area (Å²) in [5, 5.41) is 7.79. The lowest BCUT2D eigenvalue weighted by Crippen LogP contribution is -2.68. The number of fused-ring (bicyclic) bond motifs is 1. The predicted molar refractivity (Wildman–Crippen MR) is 46.3 cm³/mol. The number of rotatable bonds is 0. The number of imide groups is 1. The van der Waals surface area contributed by atoms with Crippen LogP contribution < -0.4 is 16.0 Å². The van der Waals surface area contributed by atoms with Crippen molar-refractivity contribution in [3.05, 3.63) is 0 Å². The van der Waals surface area contributed by atoms with E-state index >= 15 is 0 Å². The quantitative estimate of drug-likeness (QED) is 0.368. The Morgan fingerprint density at radius 3 is 2.85 bits per heavy atom. The van der Waals surface area contributed by atoms with Crippen LogP contribution in [-0.4, -0.2) is 29.5 Å². The fourth-order valence-corrected chi connectivity index (χ4v) is 1.96. The van der Waals surface area contributed by atoms with Crippen LogP contribution in [0.5, 0.6) is 0 Å². The molecular weight excluding hydrogens is 194 g/mol. The average molecular weight is 204 g/mol. The Hall–Kier alpha value is -0.810. The maximum absolute atomic E-state index is 11.3. The highest BCUT2D eigenvalue weighted by molar-refractivity contribution is 6.20. The van der Waals surface area contributed by atoms with E-state index in [1.807, 2.05) is 0 Å². The van der Waals surface area contributed by atoms with E-state index in [9.17, 15) is 9.59 Å². The second kappa shape index (κ2) is 3.16. The second-order valence-corrected chi connectivity index (χ2v) is 3.79. The molecule has 0 aromatic rings. The predicted octanol–water partition coefficient (Wildman–Crippen LogP) is -0.489. The van der Waals surface area contributed by atoms with Crippen molar-refractivity contribution in [3.8, 4) is 0 Å². The molecule has 3 N–H and O–H groups in total. The van der Waals surface area contributed by atoms with E-state index in [0.29, 0.717) is 0 Å². The molecule has 3 amide bonds. The van der Waals surface area contributed by atoms with Crippen LogP contribution in [0.2, 0.25) is 0 Å². The summed E-state index contributed by atoms with van der Waals surface area (Å²) >= 11 is 5.83. The van der Waals surface area contributed by atoms with Crippen molar-refractivity contribution in [2.45, 2.75) is 30.4 Å². The van der Waals surface area contributed by atoms with Gasteiger partial charge in [-0.3, -0.25) is 15.4 Å². The fourth-order valence-electron chi connectivity index (χ4n) is 1.69. The Morgan fingerprint density at radius 1 is 1.31 bits per heavy atom. The molecule has 13 heavy (non-hydrogen) atoms. The number of nitrogens with one attached hydrogen (secondary N) is 3. The molecule has 0 aromatic heterocycles. The van der Waals surface area contributed by atoms with E-state index in [-0.39, 0.29) is 23.5 Å². The maximum atomic E-state index is 11.3. The number of halogens is 1. The third-order valence-electron chi connectivity index (χ3n) is 2.33. The van der Waals surface area contributed by atoms with Crippen LogP contribution in [0.3, 0.4) is 0 Å². The summed E-state index contributed by atoms with van der Waals surface area (Å²) in [4.78, 5) is 22.2. The number of hydrogen-bond acceptors (Lipinski definition) is 3. The Bertz CT molecular complexity index is 258. The van der Waals surface area contributed by atoms with Crippen molar-refractivity contribution < 1.29 is 9.59 Å². The molecule has 2 saturated heterocycles. The molecular formula is C7H10ClN3O2. The summed E-state index contributed by atoms with van der Waals surface area (Å²) in [5.74, 6) is -0.292. The lowest BCUT2D eigenvalue weighted by atomic mass is 9.96. The molecule has 72 valence electrons. The van der Waals surface area contributed by atoms with Gasteiger partial charge in [-0.05, 0) is 12.8 Å². The van der Waals surface area contributed by atoms with Gasteiger partial charge in [0.2, 0.25) is 5.91 Å². The molecule has 3 atom stereocenters. The third-order valence-corrected chi connectivity index (χ3v) is 2.67. The molecule has 2 aliphatic rings. The molecule has 2 aliphatic heterocycles. The van der Waals surface area contributed by atoms with Crippen LogP contribution >= 0.6 is 11.6 Å². The molecule has 0 aromatic carbocycles. The van der Waals surface area contributed by atoms with E-state index in [1.165, 1.54) is 0 Å². The van der Waals surface area contributed by atoms with Gasteiger partial charge in [0.05, 0.1) is 11.5 Å². The van der Waals surface area contributed by atoms with Crippen LogP contribution in [0.1, 0.15) is 12.8 Å². The number of urea groups is 1. The van der Waals surface area contributed by atoms with Gasteiger partial charge in [-0.15, -0.1) is 11.6 Å². The molecule has 0 aliphatic carbocycles. The van der Waals surface area contributed by atoms with E-state index in [2.05, 4.69) is 16.0 Å². The minimum absolute atomic E-state index is 0.115. The smallest absolute Gasteiger partial charge is 0.321 e. The average Bonchev–Trinajstić information content (AvgIpc) is 2.06. The summed E-state index contributed by atoms with van der Waals surface area (Å²) in [6.07, 6.45) is 1.50. The van der Waals surface area contributed by atoms with Crippen LogP contribution in [-0.2, 0) is 4.79 Å². The Kier molecular flexibility index (Phi) is 2.13. The summed E-state index contributed by atoms with van der Waals surface area (Å²) in [6.45, 7) is 0. The van der Waals surface area contributed by atoms with Gasteiger partial charge in [-0.2, -0.15) is 0 Å². The van der Waals surface area contributed by atoms with Gasteiger partial charge in [-0.25, -0.2) is 4.79 Å². The van der Waals surface area contributed by atoms with E-state index < -0.39 is 6.03 Å². The molecule has 2 fully saturated rings. The van der Waals surface area contributed by atoms with Gasteiger partial charge in [0.25, 0.3) is 0 Å². The number of hydrogen-bond donors (Lipinski definition) is 3. The maximum Gasteiger partial charge on any atom is 0.321 e. The lowest BCUT2D eigenvalue weighted by Gasteiger charge is -2.37. The highest BCUT2D eigenvalue weighted by Crippen LogP contribution is 2.17. The van der Waals surface area contributed by atoms with Crippen LogP contribution in [0.15, 0.2) is 0 Å². The lowest BCUT2D eigenvalue weighted by molar-refractivity contribution is -0.124. The number of amides is 3. The number of carbonyl (C=O) groups is 2. The highest BCUT2D eigenvalue weighted by Gasteiger charge is 2.39. The first kappa shape index (κ1) is 8.77. The number of piperidine rings is 1. The van der Waals surface area contributed by atoms with Crippen LogP contribution in [0.25, 0.3) is 0 Å². The van der Waals surface area contributed by atoms with Gasteiger partial charge in [0, 0.05) is 0 Å². The highest BCUT2D eigenvalue weighted by atomic mass is 35.5. The normalized spacial score (nSPS) is 39.0. The van der Waals surface area contributed by atoms with E-state index in [1.54, 1.807) is 0 Å². The minimum atomic E-state index is -0.416. The zero-order valence-electron chi connectivity index (χ0n) is 6.84. The van der Waals surface area contributed by atoms with Crippen molar-refractivity contribution in [3.63, 3.8) is 0 Å². The molecule has 0 radical (unpaired) electrons. The van der Waals surface area contributed by atoms with Gasteiger partial charge < -0.3 is 5.32 Å². The third kappa shape index (κ3) is 1.62. The van der Waals surface area contributed by atoms with E-state index in [4.69, 9.17) is 11.6 Å². The molecule has 0 bridgehead atoms. The van der Waals surface area contributed by atoms with Crippen molar-refractivity contribution >= 4 is 23.5 Å². The van der Waals surface area contributed by atoms with Crippen LogP contribution in [0.4, 0.5) is 4.79 Å². The standard InChI is InChI=1S/C7H10ClN3O2/c8-4-2-1-3-5(10-4)6(12)11-7(13)9-3/h3-5,10H,1-2H2,(H2,9,11,12,13). The van der Waals surface area contributed by atoms with Gasteiger partial charge in [-0.1, -0.05) is 0 Å². The summed E-state index contributed by atoms with van der Waals surface area (Å²) in [7, 11) is 0. The van der Waals surface area contributed by atoms with Crippen molar-refractivity contribution in [1.82, 2.24) is 16.0 Å². The first-order chi connectivity index (χ1) is 6.16. The molecule has 6 heteroatoms. The zero-order valence-corrected chi connectivity index (χ0v) is 7.60. The topological polar surface area (TPSA) is 70.2 Å². The fraction of sp³-hybridized carbons (Fsp3) is 0.714. The summed E-state index contributed by atoms with van der Waals surface area (Å²) < 4.78 is 0. The summed E-state index contributed by atoms with van der Waals surface area (Å²) in [5.41, 5.74) is -0.179. The van der Waals surface area contributed by atoms with Gasteiger partial charge >= 0.3 is 6.03 Å². The van der Waals surface area contributed by atoms with Gasteiger partial charge in [0.1, 0.15) is 6.04 Å². The van der Waals surface area contributed by atoms with Crippen molar-refractivity contribution in [2.24, 2.45) is 0 Å². The Morgan fingerprint density at radius 2 is 2.08 bits per heavy atom. The Labute approximate surface area is 80.2 Å². The molecule has 0 spiro atoms. The van der Waals surface area contributed by atoms with E-state index in [0.717, 1.165) is 12.8 Å². The molecule has 5 nitrogen and oxygen atoms in total. The Balaban J connectivity index is 2.11. The zero-order chi connectivity index (χ0) is 9.42. The largest absolute Gasteiger partial charge is 0.333 e. The van der Waals surface area contributed by atoms with Crippen LogP contribution in [0, 0.1) is 0 Å².